The van der Waals surface area contributed by atoms with Crippen LogP contribution in [0.2, 0.25) is 0 Å². The lowest BCUT2D eigenvalue weighted by molar-refractivity contribution is -0.698. The summed E-state index contributed by atoms with van der Waals surface area (Å²) in [6.45, 7) is 7.76. The van der Waals surface area contributed by atoms with Crippen molar-refractivity contribution in [3.8, 4) is 11.1 Å². The van der Waals surface area contributed by atoms with Crippen molar-refractivity contribution >= 4 is 0 Å². The molecule has 0 bridgehead atoms. The summed E-state index contributed by atoms with van der Waals surface area (Å²) < 4.78 is 36.1. The van der Waals surface area contributed by atoms with E-state index >= 15 is 0 Å². The summed E-state index contributed by atoms with van der Waals surface area (Å²) in [5, 5.41) is 0. The molecule has 0 radical (unpaired) electrons. The Morgan fingerprint density at radius 1 is 0.469 bits per heavy atom. The fourth-order valence-corrected chi connectivity index (χ4v) is 2.87. The van der Waals surface area contributed by atoms with Gasteiger partial charge < -0.3 is 28.4 Å². The maximum absolute atomic E-state index is 5.60. The molecule has 0 aromatic carbocycles. The van der Waals surface area contributed by atoms with Crippen molar-refractivity contribution in [3.63, 3.8) is 0 Å². The summed E-state index contributed by atoms with van der Waals surface area (Å²) in [4.78, 5) is 0. The molecule has 0 N–H and O–H groups in total. The minimum Gasteiger partial charge on any atom is -0.382 e. The van der Waals surface area contributed by atoms with Gasteiger partial charge in [-0.15, -0.1) is 0 Å². The van der Waals surface area contributed by atoms with E-state index in [0.717, 1.165) is 13.1 Å². The van der Waals surface area contributed by atoms with Crippen LogP contribution in [0, 0.1) is 0 Å². The normalized spacial score (nSPS) is 11.2. The van der Waals surface area contributed by atoms with Gasteiger partial charge in [-0.05, 0) is 11.1 Å². The van der Waals surface area contributed by atoms with E-state index < -0.39 is 0 Å². The molecule has 8 nitrogen and oxygen atoms in total. The molecule has 0 aliphatic rings. The van der Waals surface area contributed by atoms with Gasteiger partial charge in [0.05, 0.1) is 52.9 Å². The summed E-state index contributed by atoms with van der Waals surface area (Å²) in [6.07, 6.45) is 8.32. The van der Waals surface area contributed by atoms with Gasteiger partial charge in [0.25, 0.3) is 0 Å². The Bertz CT molecular complexity index is 635. The average molecular weight is 451 g/mol. The molecular formula is C24H38N2O6+2. The van der Waals surface area contributed by atoms with Gasteiger partial charge in [0.15, 0.2) is 37.9 Å². The largest absolute Gasteiger partial charge is 0.382 e. The second kappa shape index (κ2) is 17.6. The quantitative estimate of drug-likeness (QED) is 0.237. The lowest BCUT2D eigenvalue weighted by Crippen LogP contribution is -2.35. The van der Waals surface area contributed by atoms with Gasteiger partial charge in [0.2, 0.25) is 0 Å². The lowest BCUT2D eigenvalue weighted by Gasteiger charge is -2.05. The Morgan fingerprint density at radius 2 is 0.781 bits per heavy atom. The second-order valence-electron chi connectivity index (χ2n) is 7.08. The molecule has 178 valence electrons. The highest BCUT2D eigenvalue weighted by Crippen LogP contribution is 2.15. The third-order valence-corrected chi connectivity index (χ3v) is 4.71. The van der Waals surface area contributed by atoms with Crippen LogP contribution in [0.5, 0.6) is 0 Å². The summed E-state index contributed by atoms with van der Waals surface area (Å²) in [5.41, 5.74) is 2.37. The van der Waals surface area contributed by atoms with Crippen molar-refractivity contribution in [2.75, 3.05) is 80.3 Å². The van der Waals surface area contributed by atoms with Crippen molar-refractivity contribution in [2.45, 2.75) is 13.1 Å². The van der Waals surface area contributed by atoms with Crippen LogP contribution in [-0.4, -0.2) is 80.3 Å². The number of hydrogen-bond acceptors (Lipinski definition) is 6. The third kappa shape index (κ3) is 11.6. The molecule has 0 spiro atoms. The van der Waals surface area contributed by atoms with Crippen molar-refractivity contribution in [1.82, 2.24) is 0 Å². The number of aromatic nitrogens is 2. The summed E-state index contributed by atoms with van der Waals surface area (Å²) >= 11 is 0. The maximum Gasteiger partial charge on any atom is 0.171 e. The Balaban J connectivity index is 1.61. The van der Waals surface area contributed by atoms with E-state index in [0.29, 0.717) is 66.1 Å². The first-order valence-electron chi connectivity index (χ1n) is 11.1. The third-order valence-electron chi connectivity index (χ3n) is 4.71. The molecular weight excluding hydrogens is 412 g/mol. The molecule has 0 unspecified atom stereocenters. The number of pyridine rings is 2. The zero-order valence-electron chi connectivity index (χ0n) is 19.4. The fourth-order valence-electron chi connectivity index (χ4n) is 2.87. The summed E-state index contributed by atoms with van der Waals surface area (Å²) in [7, 11) is 3.33. The van der Waals surface area contributed by atoms with Crippen LogP contribution < -0.4 is 9.13 Å². The number of nitrogens with zero attached hydrogens (tertiary/aromatic N) is 2. The van der Waals surface area contributed by atoms with Crippen molar-refractivity contribution in [3.05, 3.63) is 49.1 Å². The van der Waals surface area contributed by atoms with Gasteiger partial charge in [0, 0.05) is 38.5 Å². The maximum atomic E-state index is 5.60. The molecule has 0 atom stereocenters. The van der Waals surface area contributed by atoms with Crippen LogP contribution in [0.25, 0.3) is 11.1 Å². The first kappa shape index (κ1) is 26.3. The van der Waals surface area contributed by atoms with Crippen molar-refractivity contribution < 1.29 is 37.6 Å². The topological polar surface area (TPSA) is 63.1 Å². The monoisotopic (exact) mass is 450 g/mol. The molecule has 0 saturated heterocycles. The number of methoxy groups -OCH3 is 2. The first-order chi connectivity index (χ1) is 15.8. The highest BCUT2D eigenvalue weighted by Gasteiger charge is 2.06. The minimum absolute atomic E-state index is 0.594. The number of rotatable bonds is 19. The Morgan fingerprint density at radius 3 is 1.12 bits per heavy atom. The number of hydrogen-bond donors (Lipinski definition) is 0. The van der Waals surface area contributed by atoms with Crippen LogP contribution in [0.4, 0.5) is 0 Å². The van der Waals surface area contributed by atoms with Gasteiger partial charge >= 0.3 is 0 Å². The molecule has 0 saturated carbocycles. The van der Waals surface area contributed by atoms with Gasteiger partial charge in [-0.2, -0.15) is 0 Å². The van der Waals surface area contributed by atoms with E-state index in [-0.39, 0.29) is 0 Å². The van der Waals surface area contributed by atoms with Crippen LogP contribution in [0.15, 0.2) is 49.1 Å². The number of ether oxygens (including phenoxy) is 6. The van der Waals surface area contributed by atoms with Crippen molar-refractivity contribution in [1.29, 1.82) is 0 Å². The Kier molecular flexibility index (Phi) is 14.5. The molecule has 8 heteroatoms. The summed E-state index contributed by atoms with van der Waals surface area (Å²) in [6, 6.07) is 8.50. The highest BCUT2D eigenvalue weighted by molar-refractivity contribution is 5.60. The molecule has 0 fully saturated rings. The Labute approximate surface area is 191 Å². The standard InChI is InChI=1S/C24H38N2O6/c1-27-15-17-31-21-19-29-13-11-25-7-3-23(4-8-25)24-5-9-26(10-6-24)12-14-30-20-22-32-18-16-28-2/h3-10H,11-22H2,1-2H3/q+2. The van der Waals surface area contributed by atoms with E-state index in [4.69, 9.17) is 28.4 Å². The van der Waals surface area contributed by atoms with Crippen LogP contribution >= 0.6 is 0 Å². The molecule has 0 aliphatic carbocycles. The van der Waals surface area contributed by atoms with Crippen LogP contribution in [0.1, 0.15) is 0 Å². The molecule has 2 rings (SSSR count). The predicted octanol–water partition coefficient (Wildman–Crippen LogP) is 1.29. The van der Waals surface area contributed by atoms with Gasteiger partial charge in [0.1, 0.15) is 13.2 Å². The molecule has 0 amide bonds. The Hall–Kier alpha value is -1.94. The van der Waals surface area contributed by atoms with Gasteiger partial charge in [-0.1, -0.05) is 0 Å². The van der Waals surface area contributed by atoms with Gasteiger partial charge in [-0.25, -0.2) is 9.13 Å². The van der Waals surface area contributed by atoms with Crippen LogP contribution in [-0.2, 0) is 41.5 Å². The van der Waals surface area contributed by atoms with E-state index in [1.165, 1.54) is 11.1 Å². The molecule has 2 heterocycles. The minimum atomic E-state index is 0.594. The zero-order valence-corrected chi connectivity index (χ0v) is 19.4. The first-order valence-corrected chi connectivity index (χ1v) is 11.1. The highest BCUT2D eigenvalue weighted by atomic mass is 16.5. The molecule has 2 aromatic rings. The van der Waals surface area contributed by atoms with Gasteiger partial charge in [-0.3, -0.25) is 0 Å². The average Bonchev–Trinajstić information content (AvgIpc) is 2.83. The molecule has 2 aromatic heterocycles. The van der Waals surface area contributed by atoms with Crippen LogP contribution in [0.3, 0.4) is 0 Å². The predicted molar refractivity (Wildman–Crippen MR) is 119 cm³/mol. The van der Waals surface area contributed by atoms with E-state index in [1.807, 2.05) is 0 Å². The fraction of sp³-hybridized carbons (Fsp3) is 0.583. The molecule has 32 heavy (non-hydrogen) atoms. The smallest absolute Gasteiger partial charge is 0.171 e. The second-order valence-corrected chi connectivity index (χ2v) is 7.08. The van der Waals surface area contributed by atoms with Crippen molar-refractivity contribution in [2.24, 2.45) is 0 Å². The SMILES string of the molecule is COCCOCCOCC[n+]1ccc(-c2cc[n+](CCOCCOCCOC)cc2)cc1. The summed E-state index contributed by atoms with van der Waals surface area (Å²) in [5.74, 6) is 0. The van der Waals surface area contributed by atoms with E-state index in [9.17, 15) is 0 Å². The molecule has 0 aliphatic heterocycles. The van der Waals surface area contributed by atoms with E-state index in [2.05, 4.69) is 58.2 Å². The van der Waals surface area contributed by atoms with E-state index in [1.54, 1.807) is 14.2 Å². The zero-order chi connectivity index (χ0) is 22.7. The lowest BCUT2D eigenvalue weighted by atomic mass is 10.1.